The number of halogens is 6. The minimum Gasteiger partial charge on any atom is -0.475 e. The predicted molar refractivity (Wildman–Crippen MR) is 122 cm³/mol. The lowest BCUT2D eigenvalue weighted by Crippen LogP contribution is -2.28. The normalized spacial score (nSPS) is 15.9. The molecule has 15 heteroatoms. The van der Waals surface area contributed by atoms with Gasteiger partial charge in [0.05, 0.1) is 11.4 Å². The summed E-state index contributed by atoms with van der Waals surface area (Å²) in [5.74, 6) is -4.44. The molecule has 4 rings (SSSR count). The molecule has 3 heterocycles. The lowest BCUT2D eigenvalue weighted by atomic mass is 9.93. The number of anilines is 1. The lowest BCUT2D eigenvalue weighted by Gasteiger charge is -2.28. The summed E-state index contributed by atoms with van der Waals surface area (Å²) in [5.41, 5.74) is 4.78. The van der Waals surface area contributed by atoms with Crippen molar-refractivity contribution in [3.8, 4) is 0 Å². The Balaban J connectivity index is 0.000000301. The van der Waals surface area contributed by atoms with E-state index in [1.165, 1.54) is 30.5 Å². The highest BCUT2D eigenvalue weighted by Gasteiger charge is 2.38. The smallest absolute Gasteiger partial charge is 0.475 e. The van der Waals surface area contributed by atoms with Crippen LogP contribution in [0.5, 0.6) is 0 Å². The second kappa shape index (κ2) is 13.3. The maximum atomic E-state index is 10.6. The molecule has 3 N–H and O–H groups in total. The zero-order valence-corrected chi connectivity index (χ0v) is 20.3. The van der Waals surface area contributed by atoms with Crippen LogP contribution in [0.15, 0.2) is 24.5 Å². The van der Waals surface area contributed by atoms with Gasteiger partial charge in [-0.3, -0.25) is 9.88 Å². The summed E-state index contributed by atoms with van der Waals surface area (Å²) < 4.78 is 63.5. The van der Waals surface area contributed by atoms with Crippen molar-refractivity contribution < 1.29 is 46.1 Å². The van der Waals surface area contributed by atoms with Crippen molar-refractivity contribution in [1.82, 2.24) is 19.9 Å². The first-order valence-electron chi connectivity index (χ1n) is 11.5. The first-order valence-corrected chi connectivity index (χ1v) is 11.5. The Morgan fingerprint density at radius 1 is 1.00 bits per heavy atom. The van der Waals surface area contributed by atoms with E-state index in [0.717, 1.165) is 49.7 Å². The van der Waals surface area contributed by atoms with Gasteiger partial charge in [-0.15, -0.1) is 0 Å². The largest absolute Gasteiger partial charge is 0.490 e. The minimum absolute atomic E-state index is 0.611. The number of hydrogen-bond donors (Lipinski definition) is 3. The van der Waals surface area contributed by atoms with Crippen molar-refractivity contribution in [3.63, 3.8) is 0 Å². The lowest BCUT2D eigenvalue weighted by molar-refractivity contribution is -0.193. The van der Waals surface area contributed by atoms with Crippen LogP contribution in [0, 0.1) is 6.92 Å². The van der Waals surface area contributed by atoms with Gasteiger partial charge in [0, 0.05) is 43.4 Å². The Bertz CT molecular complexity index is 1070. The highest BCUT2D eigenvalue weighted by Crippen LogP contribution is 2.26. The van der Waals surface area contributed by atoms with Gasteiger partial charge < -0.3 is 15.5 Å². The average Bonchev–Trinajstić information content (AvgIpc) is 2.99. The number of alkyl halides is 6. The van der Waals surface area contributed by atoms with Crippen molar-refractivity contribution in [3.05, 3.63) is 47.2 Å². The van der Waals surface area contributed by atoms with Crippen LogP contribution in [0.3, 0.4) is 0 Å². The van der Waals surface area contributed by atoms with Crippen molar-refractivity contribution >= 4 is 17.8 Å². The van der Waals surface area contributed by atoms with E-state index in [2.05, 4.69) is 50.3 Å². The number of rotatable bonds is 4. The number of nitrogens with one attached hydrogen (secondary N) is 1. The number of hydrogen-bond acceptors (Lipinski definition) is 7. The van der Waals surface area contributed by atoms with Crippen molar-refractivity contribution in [2.75, 3.05) is 18.4 Å². The fourth-order valence-electron chi connectivity index (χ4n) is 3.52. The van der Waals surface area contributed by atoms with E-state index in [-0.39, 0.29) is 0 Å². The summed E-state index contributed by atoms with van der Waals surface area (Å²) in [7, 11) is 0. The van der Waals surface area contributed by atoms with Crippen LogP contribution in [-0.2, 0) is 29.0 Å². The molecule has 210 valence electrons. The number of nitrogens with zero attached hydrogens (tertiary/aromatic N) is 4. The van der Waals surface area contributed by atoms with Crippen LogP contribution in [0.4, 0.5) is 32.2 Å². The van der Waals surface area contributed by atoms with Gasteiger partial charge in [-0.05, 0) is 44.7 Å². The average molecular weight is 551 g/mol. The third kappa shape index (κ3) is 10.1. The summed E-state index contributed by atoms with van der Waals surface area (Å²) in [6.45, 7) is 5.03. The second-order valence-electron chi connectivity index (χ2n) is 8.57. The highest BCUT2D eigenvalue weighted by atomic mass is 19.4. The summed E-state index contributed by atoms with van der Waals surface area (Å²) in [4.78, 5) is 34.0. The third-order valence-electron chi connectivity index (χ3n) is 5.64. The summed E-state index contributed by atoms with van der Waals surface area (Å²) in [6.07, 6.45) is -2.58. The molecule has 1 fully saturated rings. The number of carboxylic acids is 2. The SMILES string of the molecule is Cc1cccc(CN2CCc3ncnc(NC4CCC4)c3CC2)n1.O=C(O)C(F)(F)F.O=C(O)C(F)(F)F. The molecule has 0 atom stereocenters. The first kappa shape index (κ1) is 30.7. The summed E-state index contributed by atoms with van der Waals surface area (Å²) >= 11 is 0. The van der Waals surface area contributed by atoms with Gasteiger partial charge in [0.15, 0.2) is 0 Å². The fraction of sp³-hybridized carbons (Fsp3) is 0.522. The van der Waals surface area contributed by atoms with E-state index in [1.807, 2.05) is 0 Å². The Morgan fingerprint density at radius 3 is 2.08 bits per heavy atom. The molecule has 0 radical (unpaired) electrons. The van der Waals surface area contributed by atoms with Crippen LogP contribution in [-0.4, -0.2) is 73.5 Å². The van der Waals surface area contributed by atoms with E-state index >= 15 is 0 Å². The molecule has 2 aromatic heterocycles. The Kier molecular flexibility index (Phi) is 10.8. The van der Waals surface area contributed by atoms with Gasteiger partial charge in [-0.1, -0.05) is 6.07 Å². The van der Waals surface area contributed by atoms with Gasteiger partial charge >= 0.3 is 24.3 Å². The second-order valence-corrected chi connectivity index (χ2v) is 8.57. The molecular weight excluding hydrogens is 524 g/mol. The van der Waals surface area contributed by atoms with E-state index in [1.54, 1.807) is 6.33 Å². The first-order chi connectivity index (χ1) is 17.7. The summed E-state index contributed by atoms with van der Waals surface area (Å²) in [5, 5.41) is 17.9. The molecule has 38 heavy (non-hydrogen) atoms. The van der Waals surface area contributed by atoms with Gasteiger partial charge in [0.25, 0.3) is 0 Å². The molecule has 0 saturated heterocycles. The third-order valence-corrected chi connectivity index (χ3v) is 5.64. The molecule has 0 bridgehead atoms. The van der Waals surface area contributed by atoms with Gasteiger partial charge in [0.1, 0.15) is 12.1 Å². The number of fused-ring (bicyclic) bond motifs is 1. The van der Waals surface area contributed by atoms with Crippen LogP contribution >= 0.6 is 0 Å². The van der Waals surface area contributed by atoms with Gasteiger partial charge in [-0.2, -0.15) is 26.3 Å². The van der Waals surface area contributed by atoms with Crippen molar-refractivity contribution in [1.29, 1.82) is 0 Å². The van der Waals surface area contributed by atoms with Gasteiger partial charge in [-0.25, -0.2) is 19.6 Å². The quantitative estimate of drug-likeness (QED) is 0.483. The van der Waals surface area contributed by atoms with Crippen LogP contribution < -0.4 is 5.32 Å². The zero-order chi connectivity index (χ0) is 28.5. The van der Waals surface area contributed by atoms with E-state index < -0.39 is 24.3 Å². The van der Waals surface area contributed by atoms with Crippen LogP contribution in [0.1, 0.15) is 41.9 Å². The number of aliphatic carboxylic acids is 2. The number of aromatic nitrogens is 3. The molecule has 0 aromatic carbocycles. The molecule has 0 spiro atoms. The number of carbonyl (C=O) groups is 2. The van der Waals surface area contributed by atoms with Crippen LogP contribution in [0.2, 0.25) is 0 Å². The molecular formula is C23H27F6N5O4. The number of pyridine rings is 1. The topological polar surface area (TPSA) is 129 Å². The maximum absolute atomic E-state index is 10.6. The van der Waals surface area contributed by atoms with E-state index in [0.29, 0.717) is 6.04 Å². The van der Waals surface area contributed by atoms with Crippen molar-refractivity contribution in [2.45, 2.75) is 64.0 Å². The maximum Gasteiger partial charge on any atom is 0.490 e. The Labute approximate surface area is 213 Å². The molecule has 1 aliphatic carbocycles. The monoisotopic (exact) mass is 551 g/mol. The van der Waals surface area contributed by atoms with Crippen molar-refractivity contribution in [2.24, 2.45) is 0 Å². The molecule has 0 amide bonds. The Hall–Kier alpha value is -3.49. The molecule has 2 aromatic rings. The molecule has 1 aliphatic heterocycles. The fourth-order valence-corrected chi connectivity index (χ4v) is 3.52. The van der Waals surface area contributed by atoms with E-state index in [4.69, 9.17) is 19.8 Å². The predicted octanol–water partition coefficient (Wildman–Crippen LogP) is 4.01. The highest BCUT2D eigenvalue weighted by molar-refractivity contribution is 5.73. The number of aryl methyl sites for hydroxylation is 1. The Morgan fingerprint density at radius 2 is 1.58 bits per heavy atom. The minimum atomic E-state index is -5.08. The molecule has 0 unspecified atom stereocenters. The molecule has 9 nitrogen and oxygen atoms in total. The standard InChI is InChI=1S/C19H25N5.2C2HF3O2/c1-14-4-2-7-16(22-14)12-24-10-8-17-18(9-11-24)20-13-21-19(17)23-15-5-3-6-15;2*3-2(4,5)1(6)7/h2,4,7,13,15H,3,5-6,8-12H2,1H3,(H,20,21,23);2*(H,6,7). The zero-order valence-electron chi connectivity index (χ0n) is 20.3. The van der Waals surface area contributed by atoms with E-state index in [9.17, 15) is 26.3 Å². The molecule has 2 aliphatic rings. The number of carboxylic acid groups (broad SMARTS) is 2. The summed E-state index contributed by atoms with van der Waals surface area (Å²) in [6, 6.07) is 6.88. The molecule has 1 saturated carbocycles. The van der Waals surface area contributed by atoms with Gasteiger partial charge in [0.2, 0.25) is 0 Å². The van der Waals surface area contributed by atoms with Crippen LogP contribution in [0.25, 0.3) is 0 Å².